The minimum absolute atomic E-state index is 0.00272. The lowest BCUT2D eigenvalue weighted by molar-refractivity contribution is -0.384. The molecular formula is C18H13NO7S2. The second-order valence-electron chi connectivity index (χ2n) is 5.76. The van der Waals surface area contributed by atoms with Gasteiger partial charge in [-0.2, -0.15) is 8.42 Å². The number of ether oxygens (including phenoxy) is 2. The Bertz CT molecular complexity index is 1140. The van der Waals surface area contributed by atoms with E-state index >= 15 is 0 Å². The van der Waals surface area contributed by atoms with Crippen molar-refractivity contribution in [1.29, 1.82) is 0 Å². The molecule has 0 atom stereocenters. The fourth-order valence-electron chi connectivity index (χ4n) is 2.67. The van der Waals surface area contributed by atoms with Crippen LogP contribution in [0, 0.1) is 10.1 Å². The Morgan fingerprint density at radius 3 is 2.54 bits per heavy atom. The second kappa shape index (κ2) is 7.13. The van der Waals surface area contributed by atoms with E-state index in [1.54, 1.807) is 17.5 Å². The van der Waals surface area contributed by atoms with Crippen LogP contribution in [0.25, 0.3) is 10.4 Å². The zero-order valence-corrected chi connectivity index (χ0v) is 15.9. The number of non-ortho nitro benzene ring substituents is 1. The van der Waals surface area contributed by atoms with E-state index in [4.69, 9.17) is 13.7 Å². The molecule has 1 aliphatic rings. The second-order valence-corrected chi connectivity index (χ2v) is 8.25. The van der Waals surface area contributed by atoms with Crippen molar-refractivity contribution in [3.8, 4) is 27.7 Å². The Kier molecular flexibility index (Phi) is 4.65. The predicted octanol–water partition coefficient (Wildman–Crippen LogP) is 3.86. The first-order chi connectivity index (χ1) is 13.4. The summed E-state index contributed by atoms with van der Waals surface area (Å²) in [6, 6.07) is 11.5. The molecule has 0 bridgehead atoms. The fraction of sp³-hybridized carbons (Fsp3) is 0.111. The molecule has 10 heteroatoms. The first-order valence-electron chi connectivity index (χ1n) is 8.10. The van der Waals surface area contributed by atoms with E-state index in [1.807, 2.05) is 0 Å². The normalized spacial score (nSPS) is 13.1. The highest BCUT2D eigenvalue weighted by Crippen LogP contribution is 2.38. The molecule has 0 unspecified atom stereocenters. The first-order valence-corrected chi connectivity index (χ1v) is 10.4. The maximum absolute atomic E-state index is 12.8. The van der Waals surface area contributed by atoms with Crippen LogP contribution in [0.2, 0.25) is 0 Å². The van der Waals surface area contributed by atoms with Crippen molar-refractivity contribution in [1.82, 2.24) is 0 Å². The van der Waals surface area contributed by atoms with Crippen LogP contribution in [-0.2, 0) is 10.1 Å². The van der Waals surface area contributed by atoms with E-state index in [0.29, 0.717) is 35.2 Å². The predicted molar refractivity (Wildman–Crippen MR) is 102 cm³/mol. The molecule has 2 heterocycles. The molecule has 0 spiro atoms. The smallest absolute Gasteiger partial charge is 0.339 e. The molecule has 0 aliphatic carbocycles. The van der Waals surface area contributed by atoms with E-state index in [2.05, 4.69) is 0 Å². The van der Waals surface area contributed by atoms with Crippen LogP contribution in [0.4, 0.5) is 5.69 Å². The molecule has 0 saturated carbocycles. The maximum Gasteiger partial charge on any atom is 0.339 e. The summed E-state index contributed by atoms with van der Waals surface area (Å²) < 4.78 is 41.7. The Hall–Kier alpha value is -3.11. The number of hydrogen-bond donors (Lipinski definition) is 0. The molecule has 0 radical (unpaired) electrons. The van der Waals surface area contributed by atoms with E-state index < -0.39 is 15.0 Å². The molecule has 1 aromatic heterocycles. The standard InChI is InChI=1S/C18H13NO7S2/c20-19(21)12-3-5-15(14(10-12)18-2-1-9-27-18)26-28(22,23)13-4-6-16-17(11-13)25-8-7-24-16/h1-6,9-11H,7-8H2. The summed E-state index contributed by atoms with van der Waals surface area (Å²) in [7, 11) is -4.19. The van der Waals surface area contributed by atoms with Crippen molar-refractivity contribution in [3.63, 3.8) is 0 Å². The van der Waals surface area contributed by atoms with E-state index in [1.165, 1.54) is 47.7 Å². The highest BCUT2D eigenvalue weighted by Gasteiger charge is 2.24. The van der Waals surface area contributed by atoms with Crippen LogP contribution in [-0.4, -0.2) is 26.6 Å². The van der Waals surface area contributed by atoms with Crippen molar-refractivity contribution in [3.05, 3.63) is 64.0 Å². The van der Waals surface area contributed by atoms with Gasteiger partial charge in [-0.05, 0) is 29.6 Å². The number of fused-ring (bicyclic) bond motifs is 1. The van der Waals surface area contributed by atoms with Gasteiger partial charge < -0.3 is 13.7 Å². The van der Waals surface area contributed by atoms with Gasteiger partial charge in [-0.3, -0.25) is 10.1 Å². The van der Waals surface area contributed by atoms with E-state index in [-0.39, 0.29) is 16.3 Å². The number of hydrogen-bond acceptors (Lipinski definition) is 8. The van der Waals surface area contributed by atoms with Crippen molar-refractivity contribution < 1.29 is 27.0 Å². The van der Waals surface area contributed by atoms with Crippen LogP contribution in [0.3, 0.4) is 0 Å². The largest absolute Gasteiger partial charge is 0.486 e. The summed E-state index contributed by atoms with van der Waals surface area (Å²) in [4.78, 5) is 11.1. The van der Waals surface area contributed by atoms with Crippen LogP contribution in [0.15, 0.2) is 58.8 Å². The van der Waals surface area contributed by atoms with Gasteiger partial charge >= 0.3 is 10.1 Å². The molecule has 8 nitrogen and oxygen atoms in total. The molecule has 28 heavy (non-hydrogen) atoms. The molecule has 1 aliphatic heterocycles. The van der Waals surface area contributed by atoms with Gasteiger partial charge in [0.1, 0.15) is 18.1 Å². The molecule has 2 aromatic carbocycles. The highest BCUT2D eigenvalue weighted by atomic mass is 32.2. The van der Waals surface area contributed by atoms with Gasteiger partial charge in [0.25, 0.3) is 5.69 Å². The lowest BCUT2D eigenvalue weighted by Crippen LogP contribution is -2.16. The van der Waals surface area contributed by atoms with Crippen LogP contribution >= 0.6 is 11.3 Å². The minimum Gasteiger partial charge on any atom is -0.486 e. The zero-order chi connectivity index (χ0) is 19.7. The summed E-state index contributed by atoms with van der Waals surface area (Å²) in [5, 5.41) is 12.9. The van der Waals surface area contributed by atoms with Crippen LogP contribution in [0.1, 0.15) is 0 Å². The van der Waals surface area contributed by atoms with Gasteiger partial charge in [-0.25, -0.2) is 0 Å². The molecule has 0 amide bonds. The molecular weight excluding hydrogens is 406 g/mol. The number of nitrogens with zero attached hydrogens (tertiary/aromatic N) is 1. The van der Waals surface area contributed by atoms with Crippen molar-refractivity contribution in [2.24, 2.45) is 0 Å². The summed E-state index contributed by atoms with van der Waals surface area (Å²) in [6.45, 7) is 0.713. The average Bonchev–Trinajstić information content (AvgIpc) is 3.22. The van der Waals surface area contributed by atoms with E-state index in [9.17, 15) is 18.5 Å². The Balaban J connectivity index is 1.73. The molecule has 0 saturated heterocycles. The molecule has 4 rings (SSSR count). The number of nitro groups is 1. The van der Waals surface area contributed by atoms with Crippen molar-refractivity contribution >= 4 is 27.1 Å². The van der Waals surface area contributed by atoms with Gasteiger partial charge in [-0.1, -0.05) is 6.07 Å². The Morgan fingerprint density at radius 1 is 1.04 bits per heavy atom. The van der Waals surface area contributed by atoms with Gasteiger partial charge in [0.2, 0.25) is 0 Å². The van der Waals surface area contributed by atoms with Gasteiger partial charge in [0.05, 0.1) is 4.92 Å². The Labute approximate surface area is 164 Å². The third-order valence-corrected chi connectivity index (χ3v) is 6.10. The average molecular weight is 419 g/mol. The first kappa shape index (κ1) is 18.3. The number of thiophene rings is 1. The molecule has 0 fully saturated rings. The number of nitro benzene ring substituents is 1. The lowest BCUT2D eigenvalue weighted by atomic mass is 10.1. The summed E-state index contributed by atoms with van der Waals surface area (Å²) >= 11 is 1.32. The summed E-state index contributed by atoms with van der Waals surface area (Å²) in [5.74, 6) is 0.779. The molecule has 144 valence electrons. The Morgan fingerprint density at radius 2 is 1.82 bits per heavy atom. The van der Waals surface area contributed by atoms with Gasteiger partial charge in [-0.15, -0.1) is 11.3 Å². The lowest BCUT2D eigenvalue weighted by Gasteiger charge is -2.19. The van der Waals surface area contributed by atoms with Crippen molar-refractivity contribution in [2.75, 3.05) is 13.2 Å². The third-order valence-electron chi connectivity index (χ3n) is 3.96. The maximum atomic E-state index is 12.8. The molecule has 3 aromatic rings. The molecule has 0 N–H and O–H groups in total. The number of rotatable bonds is 5. The fourth-order valence-corrected chi connectivity index (χ4v) is 4.39. The number of benzene rings is 2. The van der Waals surface area contributed by atoms with Crippen molar-refractivity contribution in [2.45, 2.75) is 4.90 Å². The quantitative estimate of drug-likeness (QED) is 0.351. The van der Waals surface area contributed by atoms with E-state index in [0.717, 1.165) is 0 Å². The topological polar surface area (TPSA) is 105 Å². The van der Waals surface area contributed by atoms with Gasteiger partial charge in [0, 0.05) is 28.6 Å². The van der Waals surface area contributed by atoms with Gasteiger partial charge in [0.15, 0.2) is 17.2 Å². The SMILES string of the molecule is O=[N+]([O-])c1ccc(OS(=O)(=O)c2ccc3c(c2)OCCO3)c(-c2cccs2)c1. The summed E-state index contributed by atoms with van der Waals surface area (Å²) in [5.41, 5.74) is 0.165. The van der Waals surface area contributed by atoms with Crippen LogP contribution < -0.4 is 13.7 Å². The minimum atomic E-state index is -4.19. The third kappa shape index (κ3) is 3.51. The zero-order valence-electron chi connectivity index (χ0n) is 14.2. The van der Waals surface area contributed by atoms with Crippen LogP contribution in [0.5, 0.6) is 17.2 Å². The highest BCUT2D eigenvalue weighted by molar-refractivity contribution is 7.87. The summed E-state index contributed by atoms with van der Waals surface area (Å²) in [6.07, 6.45) is 0. The monoisotopic (exact) mass is 419 g/mol.